The molecular formula is C13H8BrFN2O2. The second kappa shape index (κ2) is 5.71. The van der Waals surface area contributed by atoms with Crippen LogP contribution in [0, 0.1) is 15.9 Å². The van der Waals surface area contributed by atoms with Crippen molar-refractivity contribution in [3.05, 3.63) is 68.4 Å². The van der Waals surface area contributed by atoms with E-state index < -0.39 is 4.92 Å². The molecule has 2 aromatic carbocycles. The highest BCUT2D eigenvalue weighted by Crippen LogP contribution is 2.26. The molecule has 4 nitrogen and oxygen atoms in total. The first kappa shape index (κ1) is 13.4. The molecule has 2 rings (SSSR count). The summed E-state index contributed by atoms with van der Waals surface area (Å²) in [5, 5.41) is 10.8. The van der Waals surface area contributed by atoms with E-state index in [2.05, 4.69) is 20.9 Å². The number of aliphatic imine (C=N–C) groups is 1. The molecule has 2 aromatic rings. The molecule has 0 radical (unpaired) electrons. The fourth-order valence-corrected chi connectivity index (χ4v) is 1.94. The number of halogens is 2. The molecule has 0 unspecified atom stereocenters. The van der Waals surface area contributed by atoms with E-state index in [1.165, 1.54) is 30.5 Å². The van der Waals surface area contributed by atoms with Crippen LogP contribution in [0.3, 0.4) is 0 Å². The van der Waals surface area contributed by atoms with Gasteiger partial charge in [0.2, 0.25) is 0 Å². The van der Waals surface area contributed by atoms with Gasteiger partial charge in [0.05, 0.1) is 16.2 Å². The lowest BCUT2D eigenvalue weighted by Crippen LogP contribution is -1.93. The van der Waals surface area contributed by atoms with Gasteiger partial charge in [-0.1, -0.05) is 12.1 Å². The topological polar surface area (TPSA) is 55.5 Å². The summed E-state index contributed by atoms with van der Waals surface area (Å²) in [5.41, 5.74) is 0.868. The largest absolute Gasteiger partial charge is 0.278 e. The van der Waals surface area contributed by atoms with Crippen molar-refractivity contribution < 1.29 is 9.31 Å². The van der Waals surface area contributed by atoms with E-state index in [-0.39, 0.29) is 11.5 Å². The average Bonchev–Trinajstić information content (AvgIpc) is 2.38. The maximum Gasteiger partial charge on any atom is 0.278 e. The average molecular weight is 323 g/mol. The Hall–Kier alpha value is -2.08. The molecule has 0 aliphatic heterocycles. The van der Waals surface area contributed by atoms with Gasteiger partial charge in [0.25, 0.3) is 5.69 Å². The molecule has 0 fully saturated rings. The molecule has 0 atom stereocenters. The van der Waals surface area contributed by atoms with Crippen molar-refractivity contribution in [1.29, 1.82) is 0 Å². The first-order chi connectivity index (χ1) is 9.08. The van der Waals surface area contributed by atoms with Gasteiger partial charge in [0.1, 0.15) is 5.82 Å². The highest BCUT2D eigenvalue weighted by atomic mass is 79.9. The summed E-state index contributed by atoms with van der Waals surface area (Å²) in [6, 6.07) is 10.3. The van der Waals surface area contributed by atoms with Crippen LogP contribution in [0.2, 0.25) is 0 Å². The van der Waals surface area contributed by atoms with Crippen LogP contribution < -0.4 is 0 Å². The van der Waals surface area contributed by atoms with E-state index in [4.69, 9.17) is 0 Å². The molecule has 6 heteroatoms. The minimum absolute atomic E-state index is 0.0236. The molecule has 0 aliphatic carbocycles. The zero-order valence-electron chi connectivity index (χ0n) is 9.59. The fraction of sp³-hybridized carbons (Fsp3) is 0. The Morgan fingerprint density at radius 1 is 1.26 bits per heavy atom. The second-order valence-electron chi connectivity index (χ2n) is 3.67. The molecule has 0 heterocycles. The third-order valence-corrected chi connectivity index (χ3v) is 3.02. The van der Waals surface area contributed by atoms with Crippen LogP contribution in [0.1, 0.15) is 5.56 Å². The Bertz CT molecular complexity index is 659. The van der Waals surface area contributed by atoms with E-state index in [1.807, 2.05) is 0 Å². The normalized spacial score (nSPS) is 10.8. The Morgan fingerprint density at radius 3 is 2.68 bits per heavy atom. The Morgan fingerprint density at radius 2 is 2.00 bits per heavy atom. The highest BCUT2D eigenvalue weighted by Gasteiger charge is 2.10. The molecule has 0 N–H and O–H groups in total. The van der Waals surface area contributed by atoms with Gasteiger partial charge in [-0.3, -0.25) is 15.1 Å². The van der Waals surface area contributed by atoms with E-state index in [1.54, 1.807) is 18.2 Å². The number of nitro groups is 1. The molecule has 19 heavy (non-hydrogen) atoms. The van der Waals surface area contributed by atoms with Gasteiger partial charge >= 0.3 is 0 Å². The Balaban J connectivity index is 2.35. The van der Waals surface area contributed by atoms with Crippen LogP contribution in [0.25, 0.3) is 0 Å². The maximum atomic E-state index is 12.9. The SMILES string of the molecule is O=[N+]([O-])c1ccccc1C=Nc1ccc(F)cc1Br. The number of hydrogen-bond donors (Lipinski definition) is 0. The quantitative estimate of drug-likeness (QED) is 0.482. The second-order valence-corrected chi connectivity index (χ2v) is 4.52. The maximum absolute atomic E-state index is 12.9. The van der Waals surface area contributed by atoms with Gasteiger partial charge in [0, 0.05) is 16.8 Å². The molecule has 0 bridgehead atoms. The van der Waals surface area contributed by atoms with Crippen molar-refractivity contribution in [1.82, 2.24) is 0 Å². The third kappa shape index (κ3) is 3.23. The molecule has 0 aliphatic rings. The molecule has 0 spiro atoms. The summed E-state index contributed by atoms with van der Waals surface area (Å²) < 4.78 is 13.4. The standard InChI is InChI=1S/C13H8BrFN2O2/c14-11-7-10(15)5-6-12(11)16-8-9-3-1-2-4-13(9)17(18)19/h1-8H. The monoisotopic (exact) mass is 322 g/mol. The highest BCUT2D eigenvalue weighted by molar-refractivity contribution is 9.10. The molecule has 0 amide bonds. The van der Waals surface area contributed by atoms with Crippen LogP contribution in [-0.2, 0) is 0 Å². The summed E-state index contributed by atoms with van der Waals surface area (Å²) in [7, 11) is 0. The number of para-hydroxylation sites is 1. The van der Waals surface area contributed by atoms with E-state index in [0.29, 0.717) is 15.7 Å². The minimum atomic E-state index is -0.471. The lowest BCUT2D eigenvalue weighted by Gasteiger charge is -1.99. The summed E-state index contributed by atoms with van der Waals surface area (Å²) >= 11 is 3.18. The number of benzene rings is 2. The predicted molar refractivity (Wildman–Crippen MR) is 74.5 cm³/mol. The van der Waals surface area contributed by atoms with Crippen LogP contribution in [0.4, 0.5) is 15.8 Å². The van der Waals surface area contributed by atoms with Crippen molar-refractivity contribution in [2.75, 3.05) is 0 Å². The number of nitro benzene ring substituents is 1. The summed E-state index contributed by atoms with van der Waals surface area (Å²) in [4.78, 5) is 14.5. The summed E-state index contributed by atoms with van der Waals surface area (Å²) in [6.45, 7) is 0. The molecule has 96 valence electrons. The van der Waals surface area contributed by atoms with Gasteiger partial charge in [-0.15, -0.1) is 0 Å². The van der Waals surface area contributed by atoms with E-state index in [9.17, 15) is 14.5 Å². The smallest absolute Gasteiger partial charge is 0.258 e. The van der Waals surface area contributed by atoms with E-state index >= 15 is 0 Å². The Kier molecular flexibility index (Phi) is 4.01. The summed E-state index contributed by atoms with van der Waals surface area (Å²) in [5.74, 6) is -0.378. The van der Waals surface area contributed by atoms with Crippen LogP contribution in [0.15, 0.2) is 51.9 Å². The zero-order valence-corrected chi connectivity index (χ0v) is 11.2. The summed E-state index contributed by atoms with van der Waals surface area (Å²) in [6.07, 6.45) is 1.39. The zero-order chi connectivity index (χ0) is 13.8. The van der Waals surface area contributed by atoms with Gasteiger partial charge in [-0.25, -0.2) is 4.39 Å². The predicted octanol–water partition coefficient (Wildman–Crippen LogP) is 4.25. The first-order valence-corrected chi connectivity index (χ1v) is 6.10. The molecule has 0 aromatic heterocycles. The fourth-order valence-electron chi connectivity index (χ4n) is 1.49. The molecule has 0 saturated heterocycles. The van der Waals surface area contributed by atoms with Gasteiger partial charge < -0.3 is 0 Å². The molecular weight excluding hydrogens is 315 g/mol. The minimum Gasteiger partial charge on any atom is -0.258 e. The first-order valence-electron chi connectivity index (χ1n) is 5.30. The van der Waals surface area contributed by atoms with Crippen LogP contribution in [0.5, 0.6) is 0 Å². The number of rotatable bonds is 3. The van der Waals surface area contributed by atoms with Crippen molar-refractivity contribution in [3.63, 3.8) is 0 Å². The van der Waals surface area contributed by atoms with Crippen LogP contribution >= 0.6 is 15.9 Å². The van der Waals surface area contributed by atoms with Crippen molar-refractivity contribution in [2.24, 2.45) is 4.99 Å². The van der Waals surface area contributed by atoms with Gasteiger partial charge in [-0.05, 0) is 40.2 Å². The number of hydrogen-bond acceptors (Lipinski definition) is 3. The lowest BCUT2D eigenvalue weighted by molar-refractivity contribution is -0.385. The van der Waals surface area contributed by atoms with Gasteiger partial charge in [-0.2, -0.15) is 0 Å². The van der Waals surface area contributed by atoms with Crippen molar-refractivity contribution in [3.8, 4) is 0 Å². The van der Waals surface area contributed by atoms with Crippen molar-refractivity contribution in [2.45, 2.75) is 0 Å². The third-order valence-electron chi connectivity index (χ3n) is 2.39. The Labute approximate surface area is 116 Å². The van der Waals surface area contributed by atoms with Crippen LogP contribution in [-0.4, -0.2) is 11.1 Å². The lowest BCUT2D eigenvalue weighted by atomic mass is 10.2. The van der Waals surface area contributed by atoms with Gasteiger partial charge in [0.15, 0.2) is 0 Å². The van der Waals surface area contributed by atoms with Crippen molar-refractivity contribution >= 4 is 33.5 Å². The number of nitrogens with zero attached hydrogens (tertiary/aromatic N) is 2. The van der Waals surface area contributed by atoms with E-state index in [0.717, 1.165) is 0 Å². The molecule has 0 saturated carbocycles.